The van der Waals surface area contributed by atoms with E-state index in [4.69, 9.17) is 4.74 Å². The van der Waals surface area contributed by atoms with Gasteiger partial charge < -0.3 is 9.64 Å². The molecule has 1 heterocycles. The van der Waals surface area contributed by atoms with Crippen LogP contribution in [-0.2, 0) is 11.3 Å². The molecule has 2 fully saturated rings. The first kappa shape index (κ1) is 21.5. The van der Waals surface area contributed by atoms with Gasteiger partial charge in [-0.3, -0.25) is 4.79 Å². The second-order valence-corrected chi connectivity index (χ2v) is 8.72. The summed E-state index contributed by atoms with van der Waals surface area (Å²) >= 11 is 0. The summed E-state index contributed by atoms with van der Waals surface area (Å²) in [5.41, 5.74) is 1.25. The van der Waals surface area contributed by atoms with Gasteiger partial charge in [-0.15, -0.1) is 5.10 Å². The average molecular weight is 425 g/mol. The topological polar surface area (TPSA) is 77.3 Å². The quantitative estimate of drug-likeness (QED) is 0.649. The van der Waals surface area contributed by atoms with Gasteiger partial charge in [0.15, 0.2) is 11.4 Å². The van der Waals surface area contributed by atoms with Gasteiger partial charge in [-0.2, -0.15) is 0 Å². The van der Waals surface area contributed by atoms with Crippen LogP contribution in [0, 0.1) is 0 Å². The minimum atomic E-state index is -0.573. The van der Waals surface area contributed by atoms with Crippen LogP contribution < -0.4 is 0 Å². The Kier molecular flexibility index (Phi) is 6.99. The van der Waals surface area contributed by atoms with E-state index >= 15 is 0 Å². The Labute approximate surface area is 183 Å². The van der Waals surface area contributed by atoms with E-state index < -0.39 is 5.97 Å². The summed E-state index contributed by atoms with van der Waals surface area (Å²) in [6.45, 7) is 0.360. The molecule has 0 radical (unpaired) electrons. The summed E-state index contributed by atoms with van der Waals surface area (Å²) < 4.78 is 6.52. The van der Waals surface area contributed by atoms with E-state index in [2.05, 4.69) is 15.2 Å². The molecule has 0 saturated heterocycles. The van der Waals surface area contributed by atoms with Crippen molar-refractivity contribution in [3.8, 4) is 0 Å². The SMILES string of the molecule is COC(=O)c1c(C(=O)N(C2CCCCC2)C2CCCCC2)nnn1Cc1ccccc1. The average Bonchev–Trinajstić information content (AvgIpc) is 3.24. The van der Waals surface area contributed by atoms with Gasteiger partial charge in [-0.1, -0.05) is 74.1 Å². The van der Waals surface area contributed by atoms with E-state index in [9.17, 15) is 9.59 Å². The van der Waals surface area contributed by atoms with Crippen molar-refractivity contribution in [3.63, 3.8) is 0 Å². The third-order valence-electron chi connectivity index (χ3n) is 6.66. The van der Waals surface area contributed by atoms with Crippen molar-refractivity contribution in [3.05, 3.63) is 47.3 Å². The zero-order valence-corrected chi connectivity index (χ0v) is 18.3. The third-order valence-corrected chi connectivity index (χ3v) is 6.66. The summed E-state index contributed by atoms with van der Waals surface area (Å²) in [7, 11) is 1.33. The van der Waals surface area contributed by atoms with E-state index in [0.717, 1.165) is 56.9 Å². The van der Waals surface area contributed by atoms with Crippen LogP contribution in [0.5, 0.6) is 0 Å². The van der Waals surface area contributed by atoms with E-state index in [0.29, 0.717) is 6.54 Å². The number of ether oxygens (including phenoxy) is 1. The number of amides is 1. The Bertz CT molecular complexity index is 865. The number of benzene rings is 1. The number of methoxy groups -OCH3 is 1. The van der Waals surface area contributed by atoms with Crippen molar-refractivity contribution < 1.29 is 14.3 Å². The van der Waals surface area contributed by atoms with Gasteiger partial charge in [0, 0.05) is 12.1 Å². The van der Waals surface area contributed by atoms with Crippen LogP contribution in [0.4, 0.5) is 0 Å². The molecule has 2 aliphatic rings. The van der Waals surface area contributed by atoms with Crippen molar-refractivity contribution >= 4 is 11.9 Å². The zero-order valence-electron chi connectivity index (χ0n) is 18.3. The van der Waals surface area contributed by atoms with Crippen molar-refractivity contribution in [2.75, 3.05) is 7.11 Å². The highest BCUT2D eigenvalue weighted by atomic mass is 16.5. The molecule has 1 aromatic carbocycles. The lowest BCUT2D eigenvalue weighted by Crippen LogP contribution is -2.49. The Morgan fingerprint density at radius 2 is 1.55 bits per heavy atom. The van der Waals surface area contributed by atoms with Crippen molar-refractivity contribution in [2.24, 2.45) is 0 Å². The second kappa shape index (κ2) is 10.1. The molecule has 0 N–H and O–H groups in total. The predicted octanol–water partition coefficient (Wildman–Crippen LogP) is 4.22. The van der Waals surface area contributed by atoms with Gasteiger partial charge in [0.25, 0.3) is 5.91 Å². The zero-order chi connectivity index (χ0) is 21.6. The first-order chi connectivity index (χ1) is 15.2. The minimum Gasteiger partial charge on any atom is -0.464 e. The van der Waals surface area contributed by atoms with E-state index in [1.165, 1.54) is 24.6 Å². The molecule has 7 heteroatoms. The number of carbonyl (C=O) groups excluding carboxylic acids is 2. The van der Waals surface area contributed by atoms with Crippen LogP contribution in [0.2, 0.25) is 0 Å². The van der Waals surface area contributed by atoms with Gasteiger partial charge in [-0.25, -0.2) is 9.48 Å². The lowest BCUT2D eigenvalue weighted by atomic mass is 9.88. The predicted molar refractivity (Wildman–Crippen MR) is 117 cm³/mol. The van der Waals surface area contributed by atoms with Crippen LogP contribution in [0.1, 0.15) is 90.7 Å². The van der Waals surface area contributed by atoms with Crippen LogP contribution >= 0.6 is 0 Å². The number of aromatic nitrogens is 3. The number of nitrogens with zero attached hydrogens (tertiary/aromatic N) is 4. The number of esters is 1. The van der Waals surface area contributed by atoms with E-state index in [1.54, 1.807) is 0 Å². The number of hydrogen-bond donors (Lipinski definition) is 0. The Morgan fingerprint density at radius 1 is 0.968 bits per heavy atom. The van der Waals surface area contributed by atoms with Crippen molar-refractivity contribution in [1.82, 2.24) is 19.9 Å². The largest absolute Gasteiger partial charge is 0.464 e. The summed E-state index contributed by atoms with van der Waals surface area (Å²) in [4.78, 5) is 28.6. The molecule has 31 heavy (non-hydrogen) atoms. The molecule has 1 aromatic heterocycles. The van der Waals surface area contributed by atoms with Gasteiger partial charge in [0.05, 0.1) is 13.7 Å². The highest BCUT2D eigenvalue weighted by molar-refractivity contribution is 6.03. The highest BCUT2D eigenvalue weighted by Gasteiger charge is 2.37. The fraction of sp³-hybridized carbons (Fsp3) is 0.583. The Balaban J connectivity index is 1.67. The maximum absolute atomic E-state index is 13.9. The van der Waals surface area contributed by atoms with Crippen LogP contribution in [0.15, 0.2) is 30.3 Å². The smallest absolute Gasteiger partial charge is 0.358 e. The van der Waals surface area contributed by atoms with Crippen LogP contribution in [-0.4, -0.2) is 51.0 Å². The van der Waals surface area contributed by atoms with E-state index in [1.807, 2.05) is 30.3 Å². The molecule has 7 nitrogen and oxygen atoms in total. The molecule has 2 saturated carbocycles. The minimum absolute atomic E-state index is 0.124. The molecule has 0 unspecified atom stereocenters. The second-order valence-electron chi connectivity index (χ2n) is 8.72. The maximum Gasteiger partial charge on any atom is 0.358 e. The molecule has 166 valence electrons. The maximum atomic E-state index is 13.9. The highest BCUT2D eigenvalue weighted by Crippen LogP contribution is 2.31. The van der Waals surface area contributed by atoms with Crippen molar-refractivity contribution in [1.29, 1.82) is 0 Å². The van der Waals surface area contributed by atoms with Gasteiger partial charge >= 0.3 is 5.97 Å². The van der Waals surface area contributed by atoms with Gasteiger partial charge in [-0.05, 0) is 31.2 Å². The molecule has 2 aliphatic carbocycles. The lowest BCUT2D eigenvalue weighted by molar-refractivity contribution is 0.0430. The monoisotopic (exact) mass is 424 g/mol. The molecule has 2 aromatic rings. The first-order valence-electron chi connectivity index (χ1n) is 11.6. The summed E-state index contributed by atoms with van der Waals surface area (Å²) in [5.74, 6) is -0.741. The molecular weight excluding hydrogens is 392 g/mol. The van der Waals surface area contributed by atoms with E-state index in [-0.39, 0.29) is 29.4 Å². The molecule has 0 atom stereocenters. The van der Waals surface area contributed by atoms with Crippen LogP contribution in [0.25, 0.3) is 0 Å². The molecule has 0 spiro atoms. The molecular formula is C24H32N4O3. The lowest BCUT2D eigenvalue weighted by Gasteiger charge is -2.41. The molecule has 4 rings (SSSR count). The Hall–Kier alpha value is -2.70. The molecule has 1 amide bonds. The van der Waals surface area contributed by atoms with Gasteiger partial charge in [0.1, 0.15) is 0 Å². The van der Waals surface area contributed by atoms with Crippen molar-refractivity contribution in [2.45, 2.75) is 82.8 Å². The fourth-order valence-corrected chi connectivity index (χ4v) is 5.09. The van der Waals surface area contributed by atoms with Crippen LogP contribution in [0.3, 0.4) is 0 Å². The summed E-state index contributed by atoms with van der Waals surface area (Å²) in [5, 5.41) is 8.41. The normalized spacial score (nSPS) is 18.0. The fourth-order valence-electron chi connectivity index (χ4n) is 5.09. The summed E-state index contributed by atoms with van der Waals surface area (Å²) in [6.07, 6.45) is 11.1. The number of rotatable bonds is 6. The molecule has 0 bridgehead atoms. The number of hydrogen-bond acceptors (Lipinski definition) is 5. The Morgan fingerprint density at radius 3 is 2.10 bits per heavy atom. The van der Waals surface area contributed by atoms with Gasteiger partial charge in [0.2, 0.25) is 0 Å². The standard InChI is InChI=1S/C24H32N4O3/c1-31-24(30)22-21(25-26-27(22)17-18-11-5-2-6-12-18)23(29)28(19-13-7-3-8-14-19)20-15-9-4-10-16-20/h2,5-6,11-12,19-20H,3-4,7-10,13-17H2,1H3. The summed E-state index contributed by atoms with van der Waals surface area (Å²) in [6, 6.07) is 10.2. The number of carbonyl (C=O) groups is 2. The molecule has 0 aliphatic heterocycles. The third kappa shape index (κ3) is 4.81. The first-order valence-corrected chi connectivity index (χ1v) is 11.6.